The Bertz CT molecular complexity index is 245. The Balaban J connectivity index is 2.40. The second-order valence-electron chi connectivity index (χ2n) is 3.02. The van der Waals surface area contributed by atoms with E-state index in [-0.39, 0.29) is 24.7 Å². The summed E-state index contributed by atoms with van der Waals surface area (Å²) in [5, 5.41) is 11.0. The molecule has 0 bridgehead atoms. The summed E-state index contributed by atoms with van der Waals surface area (Å²) in [6.45, 7) is 0.147. The Kier molecular flexibility index (Phi) is 3.64. The minimum atomic E-state index is -0.240. The zero-order valence-corrected chi connectivity index (χ0v) is 7.38. The normalized spacial score (nSPS) is 16.8. The van der Waals surface area contributed by atoms with Crippen molar-refractivity contribution in [2.45, 2.75) is 25.7 Å². The van der Waals surface area contributed by atoms with Gasteiger partial charge in [0.1, 0.15) is 0 Å². The summed E-state index contributed by atoms with van der Waals surface area (Å²) < 4.78 is 0. The maximum atomic E-state index is 11.2. The van der Waals surface area contributed by atoms with Gasteiger partial charge in [0.2, 0.25) is 5.91 Å². The van der Waals surface area contributed by atoms with Crippen LogP contribution in [0.3, 0.4) is 0 Å². The lowest BCUT2D eigenvalue weighted by Gasteiger charge is -2.11. The van der Waals surface area contributed by atoms with Gasteiger partial charge in [-0.15, -0.1) is 0 Å². The fourth-order valence-corrected chi connectivity index (χ4v) is 1.20. The highest BCUT2D eigenvalue weighted by atomic mass is 16.2. The molecule has 0 spiro atoms. The molecule has 1 heterocycles. The summed E-state index contributed by atoms with van der Waals surface area (Å²) in [6, 6.07) is 0. The zero-order valence-electron chi connectivity index (χ0n) is 7.38. The van der Waals surface area contributed by atoms with Gasteiger partial charge in [0.15, 0.2) is 5.78 Å². The van der Waals surface area contributed by atoms with Crippen LogP contribution < -0.4 is 5.32 Å². The number of aliphatic hydroxyl groups is 1. The van der Waals surface area contributed by atoms with Gasteiger partial charge >= 0.3 is 0 Å². The van der Waals surface area contributed by atoms with Gasteiger partial charge in [-0.05, 0) is 19.3 Å². The molecule has 0 unspecified atom stereocenters. The van der Waals surface area contributed by atoms with Crippen molar-refractivity contribution < 1.29 is 14.7 Å². The molecule has 4 heteroatoms. The lowest BCUT2D eigenvalue weighted by Crippen LogP contribution is -2.27. The molecule has 1 amide bonds. The molecular formula is C9H13NO3. The van der Waals surface area contributed by atoms with Gasteiger partial charge in [-0.3, -0.25) is 9.59 Å². The van der Waals surface area contributed by atoms with E-state index in [0.717, 1.165) is 6.42 Å². The van der Waals surface area contributed by atoms with Gasteiger partial charge in [-0.1, -0.05) is 0 Å². The molecule has 0 saturated carbocycles. The number of Topliss-reactive ketones (excluding diaryl/α,β-unsaturated/α-hetero) is 1. The first-order valence-electron chi connectivity index (χ1n) is 4.36. The minimum absolute atomic E-state index is 0.0367. The number of rotatable bonds is 4. The first kappa shape index (κ1) is 9.92. The molecule has 1 aliphatic rings. The van der Waals surface area contributed by atoms with Crippen LogP contribution in [0, 0.1) is 0 Å². The second-order valence-corrected chi connectivity index (χ2v) is 3.02. The number of nitrogens with one attached hydrogen (secondary N) is 1. The lowest BCUT2D eigenvalue weighted by atomic mass is 10.0. The van der Waals surface area contributed by atoms with E-state index in [1.165, 1.54) is 6.20 Å². The van der Waals surface area contributed by atoms with Crippen LogP contribution in [0.4, 0.5) is 0 Å². The Morgan fingerprint density at radius 1 is 1.38 bits per heavy atom. The molecule has 0 aromatic carbocycles. The summed E-state index contributed by atoms with van der Waals surface area (Å²) in [6.07, 6.45) is 3.55. The Morgan fingerprint density at radius 2 is 2.15 bits per heavy atom. The summed E-state index contributed by atoms with van der Waals surface area (Å²) in [7, 11) is 0. The lowest BCUT2D eigenvalue weighted by molar-refractivity contribution is -0.126. The maximum Gasteiger partial charge on any atom is 0.231 e. The van der Waals surface area contributed by atoms with Crippen molar-refractivity contribution in [2.75, 3.05) is 6.61 Å². The number of allylic oxidation sites excluding steroid dienone is 1. The molecule has 0 saturated heterocycles. The highest BCUT2D eigenvalue weighted by Gasteiger charge is 2.18. The third kappa shape index (κ3) is 2.99. The van der Waals surface area contributed by atoms with Crippen molar-refractivity contribution >= 4 is 11.7 Å². The molecule has 0 aromatic rings. The van der Waals surface area contributed by atoms with E-state index in [1.54, 1.807) is 0 Å². The van der Waals surface area contributed by atoms with E-state index in [9.17, 15) is 9.59 Å². The summed E-state index contributed by atoms with van der Waals surface area (Å²) in [5.74, 6) is -0.336. The molecule has 0 aromatic heterocycles. The third-order valence-electron chi connectivity index (χ3n) is 1.94. The summed E-state index contributed by atoms with van der Waals surface area (Å²) in [4.78, 5) is 21.9. The van der Waals surface area contributed by atoms with E-state index in [4.69, 9.17) is 5.11 Å². The van der Waals surface area contributed by atoms with E-state index >= 15 is 0 Å². The van der Waals surface area contributed by atoms with Crippen LogP contribution in [0.15, 0.2) is 11.8 Å². The van der Waals surface area contributed by atoms with E-state index < -0.39 is 0 Å². The van der Waals surface area contributed by atoms with Crippen LogP contribution in [-0.2, 0) is 9.59 Å². The van der Waals surface area contributed by atoms with Crippen molar-refractivity contribution in [1.29, 1.82) is 0 Å². The number of carbonyl (C=O) groups excluding carboxylic acids is 2. The molecule has 13 heavy (non-hydrogen) atoms. The number of ketones is 1. The van der Waals surface area contributed by atoms with Gasteiger partial charge < -0.3 is 10.4 Å². The molecule has 1 rings (SSSR count). The monoisotopic (exact) mass is 183 g/mol. The van der Waals surface area contributed by atoms with Crippen molar-refractivity contribution in [3.8, 4) is 0 Å². The van der Waals surface area contributed by atoms with Crippen molar-refractivity contribution in [3.63, 3.8) is 0 Å². The van der Waals surface area contributed by atoms with Crippen LogP contribution in [0.25, 0.3) is 0 Å². The van der Waals surface area contributed by atoms with Crippen LogP contribution in [0.5, 0.6) is 0 Å². The van der Waals surface area contributed by atoms with Gasteiger partial charge in [-0.2, -0.15) is 0 Å². The standard InChI is InChI=1S/C9H13NO3/c11-4-2-1-3-7-6-10-9(13)5-8(7)12/h6,11H,1-5H2,(H,10,13). The van der Waals surface area contributed by atoms with Gasteiger partial charge in [-0.25, -0.2) is 0 Å². The van der Waals surface area contributed by atoms with Gasteiger partial charge in [0, 0.05) is 18.4 Å². The Hall–Kier alpha value is -1.16. The number of amides is 1. The molecule has 0 aliphatic carbocycles. The molecule has 2 N–H and O–H groups in total. The SMILES string of the molecule is O=C1CC(=O)C(CCCCO)=CN1. The highest BCUT2D eigenvalue weighted by Crippen LogP contribution is 2.12. The fourth-order valence-electron chi connectivity index (χ4n) is 1.20. The predicted octanol–water partition coefficient (Wildman–Crippen LogP) is 0.122. The quantitative estimate of drug-likeness (QED) is 0.480. The first-order valence-corrected chi connectivity index (χ1v) is 4.36. The largest absolute Gasteiger partial charge is 0.396 e. The van der Waals surface area contributed by atoms with Crippen molar-refractivity contribution in [1.82, 2.24) is 5.32 Å². The van der Waals surface area contributed by atoms with Crippen LogP contribution in [0.1, 0.15) is 25.7 Å². The molecule has 4 nitrogen and oxygen atoms in total. The van der Waals surface area contributed by atoms with Crippen LogP contribution in [0.2, 0.25) is 0 Å². The molecule has 0 fully saturated rings. The third-order valence-corrected chi connectivity index (χ3v) is 1.94. The van der Waals surface area contributed by atoms with Gasteiger partial charge in [0.25, 0.3) is 0 Å². The number of carbonyl (C=O) groups is 2. The van der Waals surface area contributed by atoms with Crippen LogP contribution in [-0.4, -0.2) is 23.4 Å². The molecule has 1 aliphatic heterocycles. The highest BCUT2D eigenvalue weighted by molar-refractivity contribution is 6.09. The second kappa shape index (κ2) is 4.77. The molecule has 0 atom stereocenters. The Morgan fingerprint density at radius 3 is 2.77 bits per heavy atom. The fraction of sp³-hybridized carbons (Fsp3) is 0.556. The van der Waals surface area contributed by atoms with E-state index in [0.29, 0.717) is 18.4 Å². The number of aliphatic hydroxyl groups excluding tert-OH is 1. The maximum absolute atomic E-state index is 11.2. The summed E-state index contributed by atoms with van der Waals surface area (Å²) in [5.41, 5.74) is 0.660. The van der Waals surface area contributed by atoms with Crippen molar-refractivity contribution in [2.24, 2.45) is 0 Å². The number of unbranched alkanes of at least 4 members (excludes halogenated alkanes) is 1. The van der Waals surface area contributed by atoms with Crippen LogP contribution >= 0.6 is 0 Å². The average Bonchev–Trinajstić information content (AvgIpc) is 2.09. The minimum Gasteiger partial charge on any atom is -0.396 e. The smallest absolute Gasteiger partial charge is 0.231 e. The van der Waals surface area contributed by atoms with E-state index in [1.807, 2.05) is 0 Å². The van der Waals surface area contributed by atoms with Gasteiger partial charge in [0.05, 0.1) is 6.42 Å². The molecule has 0 radical (unpaired) electrons. The zero-order chi connectivity index (χ0) is 9.68. The Labute approximate surface area is 76.6 Å². The van der Waals surface area contributed by atoms with E-state index in [2.05, 4.69) is 5.32 Å². The number of hydrogen-bond donors (Lipinski definition) is 2. The predicted molar refractivity (Wildman–Crippen MR) is 46.8 cm³/mol. The molecule has 72 valence electrons. The number of hydrogen-bond acceptors (Lipinski definition) is 3. The average molecular weight is 183 g/mol. The van der Waals surface area contributed by atoms with Crippen molar-refractivity contribution in [3.05, 3.63) is 11.8 Å². The summed E-state index contributed by atoms with van der Waals surface area (Å²) >= 11 is 0. The molecular weight excluding hydrogens is 170 g/mol. The topological polar surface area (TPSA) is 66.4 Å². The first-order chi connectivity index (χ1) is 6.24.